The molecule has 0 saturated heterocycles. The number of methoxy groups -OCH3 is 1. The van der Waals surface area contributed by atoms with E-state index >= 15 is 0 Å². The number of aromatic hydroxyl groups is 1. The number of phenols is 1. The van der Waals surface area contributed by atoms with Crippen molar-refractivity contribution in [2.24, 2.45) is 29.4 Å². The number of Topliss-reactive ketones (excluding diaryl/α,β-unsaturated/α-hetero) is 4. The Bertz CT molecular complexity index is 1650. The molecule has 0 bridgehead atoms. The van der Waals surface area contributed by atoms with Gasteiger partial charge in [-0.1, -0.05) is 12.1 Å². The number of nitrogens with one attached hydrogen (secondary N) is 1. The number of ether oxygens (including phenoxy) is 1. The summed E-state index contributed by atoms with van der Waals surface area (Å²) in [5.41, 5.74) is 5.39. The zero-order valence-electron chi connectivity index (χ0n) is 26.3. The van der Waals surface area contributed by atoms with Gasteiger partial charge in [0.1, 0.15) is 5.75 Å². The van der Waals surface area contributed by atoms with Crippen molar-refractivity contribution in [3.63, 3.8) is 0 Å². The van der Waals surface area contributed by atoms with E-state index in [-0.39, 0.29) is 30.7 Å². The molecule has 5 rings (SSSR count). The molecule has 244 valence electrons. The maximum atomic E-state index is 14.2. The number of aliphatic hydroxyl groups is 1. The number of benzene rings is 2. The van der Waals surface area contributed by atoms with E-state index in [1.807, 2.05) is 0 Å². The lowest BCUT2D eigenvalue weighted by molar-refractivity contribution is -0.181. The number of rotatable bonds is 8. The van der Waals surface area contributed by atoms with Crippen LogP contribution in [0, 0.1) is 23.7 Å². The second-order valence-corrected chi connectivity index (χ2v) is 12.7. The van der Waals surface area contributed by atoms with Gasteiger partial charge in [-0.25, -0.2) is 4.79 Å². The summed E-state index contributed by atoms with van der Waals surface area (Å²) >= 11 is 0. The second kappa shape index (κ2) is 12.0. The van der Waals surface area contributed by atoms with Crippen molar-refractivity contribution < 1.29 is 43.7 Å². The molecule has 1 amide bonds. The molecule has 0 heterocycles. The van der Waals surface area contributed by atoms with E-state index in [0.29, 0.717) is 28.9 Å². The minimum absolute atomic E-state index is 0.0183. The molecule has 3 aliphatic rings. The molecule has 0 radical (unpaired) electrons. The molecule has 2 aromatic carbocycles. The molecule has 6 atom stereocenters. The fourth-order valence-corrected chi connectivity index (χ4v) is 7.46. The molecule has 5 N–H and O–H groups in total. The average Bonchev–Trinajstić information content (AvgIpc) is 2.99. The minimum Gasteiger partial charge on any atom is -0.507 e. The molecule has 46 heavy (non-hydrogen) atoms. The Morgan fingerprint density at radius 2 is 1.70 bits per heavy atom. The summed E-state index contributed by atoms with van der Waals surface area (Å²) in [6.45, 7) is 0.515. The van der Waals surface area contributed by atoms with Crippen LogP contribution in [0.15, 0.2) is 30.3 Å². The first-order chi connectivity index (χ1) is 21.6. The summed E-state index contributed by atoms with van der Waals surface area (Å²) < 4.78 is 4.72. The van der Waals surface area contributed by atoms with E-state index in [1.165, 1.54) is 12.0 Å². The van der Waals surface area contributed by atoms with Crippen molar-refractivity contribution in [3.05, 3.63) is 58.1 Å². The van der Waals surface area contributed by atoms with Crippen LogP contribution in [-0.2, 0) is 43.4 Å². The van der Waals surface area contributed by atoms with Crippen LogP contribution in [-0.4, -0.2) is 97.1 Å². The SMILES string of the molecule is COC(=O)c1ccc(CNCc2cc(N(C)C)c3c(c2O)C(=O)C2C(=O)[C@@]4(O)C(=O)C(C(N)=O)C(=O)[C@H](N(C)C)[C@H]4C[C@H]2C3)cc1. The molecule has 13 heteroatoms. The van der Waals surface area contributed by atoms with Gasteiger partial charge in [0, 0.05) is 44.4 Å². The number of carbonyl (C=O) groups is 6. The van der Waals surface area contributed by atoms with E-state index in [0.717, 1.165) is 5.56 Å². The van der Waals surface area contributed by atoms with E-state index in [1.54, 1.807) is 63.4 Å². The lowest BCUT2D eigenvalue weighted by Gasteiger charge is -2.52. The number of fused-ring (bicyclic) bond motifs is 3. The van der Waals surface area contributed by atoms with Crippen molar-refractivity contribution in [1.29, 1.82) is 0 Å². The molecule has 2 unspecified atom stereocenters. The Hall–Kier alpha value is -4.46. The van der Waals surface area contributed by atoms with E-state index in [9.17, 15) is 39.0 Å². The van der Waals surface area contributed by atoms with Crippen molar-refractivity contribution >= 4 is 40.7 Å². The molecular weight excluding hydrogens is 596 g/mol. The van der Waals surface area contributed by atoms with Crippen molar-refractivity contribution in [3.8, 4) is 5.75 Å². The number of likely N-dealkylation sites (N-methyl/N-ethyl adjacent to an activating group) is 1. The number of phenolic OH excluding ortho intramolecular Hbond substituents is 1. The Morgan fingerprint density at radius 1 is 1.04 bits per heavy atom. The van der Waals surface area contributed by atoms with Gasteiger partial charge in [0.2, 0.25) is 5.91 Å². The zero-order chi connectivity index (χ0) is 33.8. The van der Waals surface area contributed by atoms with Crippen LogP contribution in [0.2, 0.25) is 0 Å². The molecule has 2 fully saturated rings. The van der Waals surface area contributed by atoms with Crippen LogP contribution in [0.1, 0.15) is 43.8 Å². The van der Waals surface area contributed by atoms with Crippen LogP contribution in [0.3, 0.4) is 0 Å². The maximum absolute atomic E-state index is 14.2. The van der Waals surface area contributed by atoms with Gasteiger partial charge in [-0.3, -0.25) is 28.9 Å². The van der Waals surface area contributed by atoms with Crippen molar-refractivity contribution in [2.75, 3.05) is 40.2 Å². The van der Waals surface area contributed by atoms with Gasteiger partial charge in [0.25, 0.3) is 0 Å². The summed E-state index contributed by atoms with van der Waals surface area (Å²) in [5.74, 6) is -11.3. The standard InChI is InChI=1S/C33H38N4O9/c1-36(2)21-12-18(14-35-13-15-6-8-16(9-7-15)32(44)46-5)26(38)23-19(21)10-17-11-20-25(37(3)4)28(40)24(31(34)43)30(42)33(20,45)29(41)22(17)27(23)39/h6-9,12,17,20,22,24-25,35,38,45H,10-11,13-14H2,1-5H3,(H2,34,43)/t17-,20-,22?,24?,25-,33-/m1/s1. The number of nitrogens with zero attached hydrogens (tertiary/aromatic N) is 2. The molecular formula is C33H38N4O9. The molecule has 0 aromatic heterocycles. The monoisotopic (exact) mass is 634 g/mol. The quantitative estimate of drug-likeness (QED) is 0.225. The minimum atomic E-state index is -2.78. The number of hydrogen-bond acceptors (Lipinski definition) is 12. The third-order valence-electron chi connectivity index (χ3n) is 9.62. The third kappa shape index (κ3) is 5.08. The van der Waals surface area contributed by atoms with Gasteiger partial charge in [-0.2, -0.15) is 0 Å². The number of carbonyl (C=O) groups excluding carboxylic acids is 6. The molecule has 2 saturated carbocycles. The Labute approximate surface area is 265 Å². The summed E-state index contributed by atoms with van der Waals surface area (Å²) in [7, 11) is 7.97. The maximum Gasteiger partial charge on any atom is 0.337 e. The number of ketones is 4. The van der Waals surface area contributed by atoms with Gasteiger partial charge < -0.3 is 30.9 Å². The average molecular weight is 635 g/mol. The summed E-state index contributed by atoms with van der Waals surface area (Å²) in [6.07, 6.45) is 0.156. The van der Waals surface area contributed by atoms with E-state index < -0.39 is 70.3 Å². The highest BCUT2D eigenvalue weighted by Gasteiger charge is 2.69. The number of primary amides is 1. The van der Waals surface area contributed by atoms with Crippen LogP contribution in [0.4, 0.5) is 5.69 Å². The highest BCUT2D eigenvalue weighted by atomic mass is 16.5. The Balaban J connectivity index is 1.49. The predicted molar refractivity (Wildman–Crippen MR) is 164 cm³/mol. The van der Waals surface area contributed by atoms with Gasteiger partial charge in [0.15, 0.2) is 34.7 Å². The largest absolute Gasteiger partial charge is 0.507 e. The van der Waals surface area contributed by atoms with Crippen LogP contribution < -0.4 is 16.0 Å². The molecule has 2 aromatic rings. The van der Waals surface area contributed by atoms with Gasteiger partial charge in [-0.05, 0) is 62.2 Å². The Kier molecular flexibility index (Phi) is 8.62. The lowest BCUT2D eigenvalue weighted by atomic mass is 9.52. The molecule has 0 aliphatic heterocycles. The topological polar surface area (TPSA) is 197 Å². The van der Waals surface area contributed by atoms with Crippen molar-refractivity contribution in [2.45, 2.75) is 37.6 Å². The summed E-state index contributed by atoms with van der Waals surface area (Å²) in [6, 6.07) is 7.40. The van der Waals surface area contributed by atoms with Crippen molar-refractivity contribution in [1.82, 2.24) is 10.2 Å². The van der Waals surface area contributed by atoms with Gasteiger partial charge in [-0.15, -0.1) is 0 Å². The number of nitrogens with two attached hydrogens (primary N) is 1. The predicted octanol–water partition coefficient (Wildman–Crippen LogP) is 0.00940. The van der Waals surface area contributed by atoms with Crippen LogP contribution in [0.5, 0.6) is 5.75 Å². The molecule has 3 aliphatic carbocycles. The number of esters is 1. The van der Waals surface area contributed by atoms with Gasteiger partial charge in [0.05, 0.1) is 30.2 Å². The normalized spacial score (nSPS) is 27.2. The lowest BCUT2D eigenvalue weighted by Crippen LogP contribution is -2.74. The fraction of sp³-hybridized carbons (Fsp3) is 0.455. The first kappa shape index (κ1) is 32.9. The number of amides is 1. The smallest absolute Gasteiger partial charge is 0.337 e. The Morgan fingerprint density at radius 3 is 2.26 bits per heavy atom. The fourth-order valence-electron chi connectivity index (χ4n) is 7.46. The first-order valence-corrected chi connectivity index (χ1v) is 14.9. The third-order valence-corrected chi connectivity index (χ3v) is 9.62. The first-order valence-electron chi connectivity index (χ1n) is 14.9. The highest BCUT2D eigenvalue weighted by molar-refractivity contribution is 6.32. The van der Waals surface area contributed by atoms with Crippen LogP contribution in [0.25, 0.3) is 0 Å². The number of anilines is 1. The number of hydrogen-bond donors (Lipinski definition) is 4. The highest BCUT2D eigenvalue weighted by Crippen LogP contribution is 2.52. The summed E-state index contributed by atoms with van der Waals surface area (Å²) in [4.78, 5) is 82.3. The summed E-state index contributed by atoms with van der Waals surface area (Å²) in [5, 5.41) is 26.5. The molecule has 13 nitrogen and oxygen atoms in total. The van der Waals surface area contributed by atoms with E-state index in [4.69, 9.17) is 10.5 Å². The van der Waals surface area contributed by atoms with Gasteiger partial charge >= 0.3 is 5.97 Å². The zero-order valence-corrected chi connectivity index (χ0v) is 26.3. The second-order valence-electron chi connectivity index (χ2n) is 12.7. The van der Waals surface area contributed by atoms with E-state index in [2.05, 4.69) is 5.32 Å². The molecule has 0 spiro atoms. The van der Waals surface area contributed by atoms with Crippen LogP contribution >= 0.6 is 0 Å².